The lowest BCUT2D eigenvalue weighted by Gasteiger charge is -2.11. The van der Waals surface area contributed by atoms with Crippen molar-refractivity contribution in [1.29, 1.82) is 0 Å². The van der Waals surface area contributed by atoms with Gasteiger partial charge in [0.25, 0.3) is 0 Å². The molecule has 7 nitrogen and oxygen atoms in total. The highest BCUT2D eigenvalue weighted by Crippen LogP contribution is 2.30. The van der Waals surface area contributed by atoms with Crippen LogP contribution in [0.2, 0.25) is 0 Å². The van der Waals surface area contributed by atoms with Gasteiger partial charge in [-0.3, -0.25) is 9.13 Å². The van der Waals surface area contributed by atoms with E-state index in [2.05, 4.69) is 9.97 Å². The van der Waals surface area contributed by atoms with Crippen molar-refractivity contribution in [3.63, 3.8) is 0 Å². The number of aromatic nitrogens is 7. The van der Waals surface area contributed by atoms with E-state index < -0.39 is 0 Å². The van der Waals surface area contributed by atoms with Crippen LogP contribution in [0.4, 0.5) is 0 Å². The number of rotatable bonds is 4. The van der Waals surface area contributed by atoms with Crippen LogP contribution in [-0.4, -0.2) is 34.1 Å². The molecule has 2 aromatic carbocycles. The Morgan fingerprint density at radius 2 is 0.889 bits per heavy atom. The van der Waals surface area contributed by atoms with Crippen LogP contribution >= 0.6 is 0 Å². The first-order chi connectivity index (χ1) is 17.9. The van der Waals surface area contributed by atoms with Gasteiger partial charge in [-0.1, -0.05) is 42.5 Å². The quantitative estimate of drug-likeness (QED) is 0.324. The molecular weight excluding hydrogens is 446 g/mol. The van der Waals surface area contributed by atoms with E-state index >= 15 is 0 Å². The molecule has 0 radical (unpaired) electrons. The lowest BCUT2D eigenvalue weighted by Crippen LogP contribution is -2.02. The maximum absolute atomic E-state index is 5.05. The van der Waals surface area contributed by atoms with Crippen molar-refractivity contribution in [3.05, 3.63) is 116 Å². The maximum Gasteiger partial charge on any atom is 0.165 e. The van der Waals surface area contributed by atoms with Crippen molar-refractivity contribution >= 4 is 22.3 Å². The maximum atomic E-state index is 5.05. The zero-order chi connectivity index (χ0) is 23.9. The molecule has 170 valence electrons. The van der Waals surface area contributed by atoms with Gasteiger partial charge in [-0.25, -0.2) is 24.9 Å². The molecule has 0 atom stereocenters. The lowest BCUT2D eigenvalue weighted by molar-refractivity contribution is 1.04. The molecule has 0 spiro atoms. The van der Waals surface area contributed by atoms with E-state index in [1.165, 1.54) is 0 Å². The first-order valence-electron chi connectivity index (χ1n) is 11.6. The molecule has 0 N–H and O–H groups in total. The second-order valence-electron chi connectivity index (χ2n) is 8.31. The summed E-state index contributed by atoms with van der Waals surface area (Å²) in [6.07, 6.45) is 3.57. The fraction of sp³-hybridized carbons (Fsp3) is 0. The standard InChI is InChI=1S/C29H19N7/c1-3-10-20(11-4-1)35-26-22(16-8-18-30-26)33-28(35)24-14-7-15-25(32-24)29-34-23-17-9-19-31-27(23)36(29)21-12-5-2-6-13-21/h1-19H. The Balaban J connectivity index is 1.46. The number of benzene rings is 2. The highest BCUT2D eigenvalue weighted by atomic mass is 15.2. The molecule has 36 heavy (non-hydrogen) atoms. The van der Waals surface area contributed by atoms with Crippen molar-refractivity contribution in [3.8, 4) is 34.4 Å². The topological polar surface area (TPSA) is 74.3 Å². The average Bonchev–Trinajstić information content (AvgIpc) is 3.53. The molecule has 0 bridgehead atoms. The Hall–Kier alpha value is -5.17. The minimum atomic E-state index is 0.720. The molecule has 0 unspecified atom stereocenters. The molecule has 5 heterocycles. The summed E-state index contributed by atoms with van der Waals surface area (Å²) in [6, 6.07) is 33.9. The molecule has 7 heteroatoms. The molecule has 7 aromatic rings. The number of para-hydroxylation sites is 2. The lowest BCUT2D eigenvalue weighted by atomic mass is 10.2. The summed E-state index contributed by atoms with van der Waals surface area (Å²) < 4.78 is 4.09. The van der Waals surface area contributed by atoms with Crippen LogP contribution in [0, 0.1) is 0 Å². The minimum absolute atomic E-state index is 0.720. The molecule has 0 amide bonds. The third-order valence-corrected chi connectivity index (χ3v) is 6.07. The van der Waals surface area contributed by atoms with Crippen LogP contribution in [0.5, 0.6) is 0 Å². The Bertz CT molecular complexity index is 1700. The smallest absolute Gasteiger partial charge is 0.165 e. The number of hydrogen-bond acceptors (Lipinski definition) is 5. The predicted molar refractivity (Wildman–Crippen MR) is 140 cm³/mol. The Morgan fingerprint density at radius 1 is 0.417 bits per heavy atom. The summed E-state index contributed by atoms with van der Waals surface area (Å²) in [6.45, 7) is 0. The summed E-state index contributed by atoms with van der Waals surface area (Å²) in [5.74, 6) is 1.44. The Morgan fingerprint density at radius 3 is 1.36 bits per heavy atom. The van der Waals surface area contributed by atoms with Gasteiger partial charge in [0, 0.05) is 23.8 Å². The monoisotopic (exact) mass is 465 g/mol. The number of fused-ring (bicyclic) bond motifs is 2. The first-order valence-corrected chi connectivity index (χ1v) is 11.6. The zero-order valence-corrected chi connectivity index (χ0v) is 19.1. The van der Waals surface area contributed by atoms with E-state index in [4.69, 9.17) is 15.0 Å². The fourth-order valence-electron chi connectivity index (χ4n) is 4.50. The molecule has 5 aromatic heterocycles. The van der Waals surface area contributed by atoms with E-state index in [0.29, 0.717) is 0 Å². The third-order valence-electron chi connectivity index (χ3n) is 6.07. The summed E-state index contributed by atoms with van der Waals surface area (Å²) in [4.78, 5) is 24.1. The third kappa shape index (κ3) is 3.25. The van der Waals surface area contributed by atoms with Crippen molar-refractivity contribution < 1.29 is 0 Å². The molecule has 0 fully saturated rings. The molecule has 0 saturated heterocycles. The fourth-order valence-corrected chi connectivity index (χ4v) is 4.50. The SMILES string of the molecule is c1ccc(-n2c(-c3cccc(-c4nc5cccnc5n4-c4ccccc4)n3)nc3cccnc32)cc1. The van der Waals surface area contributed by atoms with Gasteiger partial charge in [-0.05, 0) is 60.7 Å². The van der Waals surface area contributed by atoms with Crippen molar-refractivity contribution in [2.75, 3.05) is 0 Å². The van der Waals surface area contributed by atoms with Gasteiger partial charge in [0.05, 0.1) is 0 Å². The second kappa shape index (κ2) is 8.25. The normalized spacial score (nSPS) is 11.3. The summed E-state index contributed by atoms with van der Waals surface area (Å²) in [7, 11) is 0. The van der Waals surface area contributed by atoms with Crippen LogP contribution in [0.25, 0.3) is 56.7 Å². The van der Waals surface area contributed by atoms with Crippen molar-refractivity contribution in [1.82, 2.24) is 34.1 Å². The van der Waals surface area contributed by atoms with Crippen molar-refractivity contribution in [2.45, 2.75) is 0 Å². The van der Waals surface area contributed by atoms with E-state index in [1.807, 2.05) is 112 Å². The molecule has 7 rings (SSSR count). The molecule has 0 aliphatic rings. The van der Waals surface area contributed by atoms with Crippen LogP contribution < -0.4 is 0 Å². The summed E-state index contributed by atoms with van der Waals surface area (Å²) >= 11 is 0. The molecule has 0 saturated carbocycles. The second-order valence-corrected chi connectivity index (χ2v) is 8.31. The van der Waals surface area contributed by atoms with E-state index in [0.717, 1.165) is 56.7 Å². The van der Waals surface area contributed by atoms with Gasteiger partial charge in [-0.15, -0.1) is 0 Å². The van der Waals surface area contributed by atoms with E-state index in [1.54, 1.807) is 12.4 Å². The molecular formula is C29H19N7. The van der Waals surface area contributed by atoms with Gasteiger partial charge in [-0.2, -0.15) is 0 Å². The number of hydrogen-bond donors (Lipinski definition) is 0. The van der Waals surface area contributed by atoms with Gasteiger partial charge >= 0.3 is 0 Å². The van der Waals surface area contributed by atoms with Crippen LogP contribution in [-0.2, 0) is 0 Å². The van der Waals surface area contributed by atoms with Gasteiger partial charge in [0.1, 0.15) is 22.4 Å². The molecule has 0 aliphatic heterocycles. The Kier molecular flexibility index (Phi) is 4.63. The summed E-state index contributed by atoms with van der Waals surface area (Å²) in [5, 5.41) is 0. The van der Waals surface area contributed by atoms with Gasteiger partial charge in [0.2, 0.25) is 0 Å². The number of imidazole rings is 2. The highest BCUT2D eigenvalue weighted by molar-refractivity contribution is 5.81. The summed E-state index contributed by atoms with van der Waals surface area (Å²) in [5.41, 5.74) is 6.60. The van der Waals surface area contributed by atoms with Crippen LogP contribution in [0.1, 0.15) is 0 Å². The highest BCUT2D eigenvalue weighted by Gasteiger charge is 2.20. The minimum Gasteiger partial charge on any atom is -0.275 e. The number of pyridine rings is 3. The van der Waals surface area contributed by atoms with Gasteiger partial charge < -0.3 is 0 Å². The molecule has 0 aliphatic carbocycles. The van der Waals surface area contributed by atoms with Crippen LogP contribution in [0.15, 0.2) is 116 Å². The number of nitrogens with zero attached hydrogens (tertiary/aromatic N) is 7. The van der Waals surface area contributed by atoms with Crippen LogP contribution in [0.3, 0.4) is 0 Å². The largest absolute Gasteiger partial charge is 0.275 e. The zero-order valence-electron chi connectivity index (χ0n) is 19.1. The average molecular weight is 466 g/mol. The Labute approximate surface area is 206 Å². The first kappa shape index (κ1) is 20.2. The van der Waals surface area contributed by atoms with Crippen molar-refractivity contribution in [2.24, 2.45) is 0 Å². The van der Waals surface area contributed by atoms with E-state index in [9.17, 15) is 0 Å². The predicted octanol–water partition coefficient (Wildman–Crippen LogP) is 5.88. The van der Waals surface area contributed by atoms with E-state index in [-0.39, 0.29) is 0 Å². The van der Waals surface area contributed by atoms with Gasteiger partial charge in [0.15, 0.2) is 22.9 Å².